The third kappa shape index (κ3) is 11.1. The van der Waals surface area contributed by atoms with E-state index < -0.39 is 29.4 Å². The number of epoxide rings is 1. The lowest BCUT2D eigenvalue weighted by Crippen LogP contribution is -2.18. The zero-order valence-corrected chi connectivity index (χ0v) is 24.8. The molecule has 0 saturated carbocycles. The van der Waals surface area contributed by atoms with E-state index in [0.29, 0.717) is 12.0 Å². The summed E-state index contributed by atoms with van der Waals surface area (Å²) in [5.74, 6) is -3.23. The SMILES string of the molecule is C=CC(=O)OCCOC(=O)c1ccc(C(=O)O)cc1C(=O)O.CC(C)(c1ccc(O)cc1)c1ccc(O)cc1.ClCC1CO1. The van der Waals surface area contributed by atoms with Gasteiger partial charge in [0.2, 0.25) is 0 Å². The van der Waals surface area contributed by atoms with Crippen LogP contribution in [-0.2, 0) is 24.4 Å². The van der Waals surface area contributed by atoms with Gasteiger partial charge in [-0.05, 0) is 53.6 Å². The summed E-state index contributed by atoms with van der Waals surface area (Å²) in [6.07, 6.45) is 1.34. The highest BCUT2D eigenvalue weighted by Gasteiger charge is 2.23. The molecule has 3 aromatic carbocycles. The number of aromatic hydroxyl groups is 2. The van der Waals surface area contributed by atoms with Gasteiger partial charge in [-0.2, -0.15) is 0 Å². The van der Waals surface area contributed by atoms with Crippen molar-refractivity contribution >= 4 is 35.5 Å². The monoisotopic (exact) mass is 628 g/mol. The molecule has 0 bridgehead atoms. The molecule has 0 spiro atoms. The fraction of sp³-hybridized carbons (Fsp3) is 0.250. The largest absolute Gasteiger partial charge is 0.508 e. The summed E-state index contributed by atoms with van der Waals surface area (Å²) in [5.41, 5.74) is 1.04. The van der Waals surface area contributed by atoms with Gasteiger partial charge in [0.25, 0.3) is 0 Å². The maximum Gasteiger partial charge on any atom is 0.339 e. The number of carbonyl (C=O) groups excluding carboxylic acids is 2. The molecule has 0 aromatic heterocycles. The number of carboxylic acid groups (broad SMARTS) is 2. The van der Waals surface area contributed by atoms with Gasteiger partial charge >= 0.3 is 23.9 Å². The highest BCUT2D eigenvalue weighted by molar-refractivity contribution is 6.18. The number of hydrogen-bond donors (Lipinski definition) is 4. The fourth-order valence-corrected chi connectivity index (χ4v) is 3.70. The molecule has 12 heteroatoms. The van der Waals surface area contributed by atoms with Crippen LogP contribution in [0.5, 0.6) is 11.5 Å². The topological polar surface area (TPSA) is 180 Å². The Balaban J connectivity index is 0.000000269. The molecule has 234 valence electrons. The third-order valence-corrected chi connectivity index (χ3v) is 6.54. The summed E-state index contributed by atoms with van der Waals surface area (Å²) in [6.45, 7) is 7.80. The normalized spacial score (nSPS) is 13.1. The van der Waals surface area contributed by atoms with E-state index >= 15 is 0 Å². The number of aromatic carboxylic acids is 2. The number of halogens is 1. The standard InChI is InChI=1S/C15H16O2.C14H12O8.C3H5ClO/c1-15(2,11-3-7-13(16)8-4-11)12-5-9-14(17)10-6-12;1-2-11(15)21-5-6-22-14(20)9-4-3-8(12(16)17)7-10(9)13(18)19;4-1-3-2-5-3/h3-10,16-17H,1-2H3;2-4,7H,1,5-6H2,(H,16,17)(H,18,19);3H,1-2H2. The number of phenolic OH excluding ortho intramolecular Hbond substituents is 2. The number of rotatable bonds is 10. The number of alkyl halides is 1. The Kier molecular flexibility index (Phi) is 13.4. The third-order valence-electron chi connectivity index (χ3n) is 6.20. The second kappa shape index (κ2) is 16.7. The van der Waals surface area contributed by atoms with Crippen molar-refractivity contribution in [3.63, 3.8) is 0 Å². The molecule has 1 unspecified atom stereocenters. The van der Waals surface area contributed by atoms with Crippen molar-refractivity contribution in [2.24, 2.45) is 0 Å². The van der Waals surface area contributed by atoms with Gasteiger partial charge in [0.15, 0.2) is 0 Å². The lowest BCUT2D eigenvalue weighted by molar-refractivity contribution is -0.138. The van der Waals surface area contributed by atoms with Gasteiger partial charge in [-0.25, -0.2) is 19.2 Å². The molecule has 0 aliphatic carbocycles. The van der Waals surface area contributed by atoms with Crippen molar-refractivity contribution in [1.82, 2.24) is 0 Å². The maximum atomic E-state index is 11.8. The first-order chi connectivity index (χ1) is 20.8. The quantitative estimate of drug-likeness (QED) is 0.0778. The van der Waals surface area contributed by atoms with E-state index in [1.807, 2.05) is 24.3 Å². The first kappa shape index (κ1) is 35.3. The number of ether oxygens (including phenoxy) is 3. The molecule has 1 heterocycles. The average Bonchev–Trinajstić information content (AvgIpc) is 3.85. The van der Waals surface area contributed by atoms with Gasteiger partial charge in [0, 0.05) is 11.5 Å². The minimum Gasteiger partial charge on any atom is -0.508 e. The first-order valence-corrected chi connectivity index (χ1v) is 13.7. The molecular formula is C32H33ClO11. The summed E-state index contributed by atoms with van der Waals surface area (Å²) >= 11 is 5.27. The minimum absolute atomic E-state index is 0.151. The van der Waals surface area contributed by atoms with Gasteiger partial charge in [0.1, 0.15) is 24.7 Å². The Morgan fingerprint density at radius 3 is 1.75 bits per heavy atom. The van der Waals surface area contributed by atoms with E-state index in [4.69, 9.17) is 31.3 Å². The van der Waals surface area contributed by atoms with Crippen molar-refractivity contribution in [3.05, 3.63) is 107 Å². The van der Waals surface area contributed by atoms with Gasteiger partial charge in [0.05, 0.1) is 35.3 Å². The zero-order valence-electron chi connectivity index (χ0n) is 24.1. The molecule has 1 aliphatic heterocycles. The molecule has 1 atom stereocenters. The number of benzene rings is 3. The Labute approximate surface area is 258 Å². The lowest BCUT2D eigenvalue weighted by Gasteiger charge is -2.26. The van der Waals surface area contributed by atoms with Crippen LogP contribution in [0.4, 0.5) is 0 Å². The maximum absolute atomic E-state index is 11.8. The summed E-state index contributed by atoms with van der Waals surface area (Å²) in [7, 11) is 0. The van der Waals surface area contributed by atoms with Crippen LogP contribution in [0.3, 0.4) is 0 Å². The Bertz CT molecular complexity index is 1400. The average molecular weight is 629 g/mol. The molecule has 4 rings (SSSR count). The van der Waals surface area contributed by atoms with Crippen molar-refractivity contribution in [2.45, 2.75) is 25.4 Å². The minimum atomic E-state index is -1.46. The molecule has 1 aliphatic rings. The summed E-state index contributed by atoms with van der Waals surface area (Å²) < 4.78 is 14.1. The van der Waals surface area contributed by atoms with Gasteiger partial charge in [-0.15, -0.1) is 11.6 Å². The smallest absolute Gasteiger partial charge is 0.339 e. The van der Waals surface area contributed by atoms with Gasteiger partial charge in [-0.3, -0.25) is 0 Å². The van der Waals surface area contributed by atoms with Crippen LogP contribution in [0.1, 0.15) is 56.0 Å². The van der Waals surface area contributed by atoms with E-state index in [-0.39, 0.29) is 41.3 Å². The van der Waals surface area contributed by atoms with E-state index in [1.165, 1.54) is 0 Å². The molecule has 4 N–H and O–H groups in total. The molecule has 1 saturated heterocycles. The Morgan fingerprint density at radius 1 is 0.864 bits per heavy atom. The molecule has 3 aromatic rings. The van der Waals surface area contributed by atoms with Crippen LogP contribution in [-0.4, -0.2) is 76.1 Å². The second-order valence-electron chi connectivity index (χ2n) is 9.71. The molecular weight excluding hydrogens is 596 g/mol. The fourth-order valence-electron chi connectivity index (χ4n) is 3.53. The van der Waals surface area contributed by atoms with Crippen LogP contribution in [0, 0.1) is 0 Å². The molecule has 0 radical (unpaired) electrons. The van der Waals surface area contributed by atoms with Crippen molar-refractivity contribution in [1.29, 1.82) is 0 Å². The van der Waals surface area contributed by atoms with Crippen LogP contribution < -0.4 is 0 Å². The van der Waals surface area contributed by atoms with E-state index in [9.17, 15) is 29.4 Å². The van der Waals surface area contributed by atoms with E-state index in [1.54, 1.807) is 24.3 Å². The number of carboxylic acids is 2. The zero-order chi connectivity index (χ0) is 32.9. The number of carbonyl (C=O) groups is 4. The first-order valence-electron chi connectivity index (χ1n) is 13.1. The molecule has 44 heavy (non-hydrogen) atoms. The highest BCUT2D eigenvalue weighted by atomic mass is 35.5. The predicted molar refractivity (Wildman–Crippen MR) is 161 cm³/mol. The van der Waals surface area contributed by atoms with Gasteiger partial charge in [-0.1, -0.05) is 44.7 Å². The van der Waals surface area contributed by atoms with Crippen LogP contribution in [0.15, 0.2) is 79.4 Å². The second-order valence-corrected chi connectivity index (χ2v) is 10.0. The van der Waals surface area contributed by atoms with E-state index in [2.05, 4.69) is 25.2 Å². The number of hydrogen-bond acceptors (Lipinski definition) is 9. The van der Waals surface area contributed by atoms with Crippen LogP contribution in [0.2, 0.25) is 0 Å². The molecule has 11 nitrogen and oxygen atoms in total. The Morgan fingerprint density at radius 2 is 1.36 bits per heavy atom. The van der Waals surface area contributed by atoms with E-state index in [0.717, 1.165) is 42.0 Å². The highest BCUT2D eigenvalue weighted by Crippen LogP contribution is 2.32. The summed E-state index contributed by atoms with van der Waals surface area (Å²) in [6, 6.07) is 17.4. The lowest BCUT2D eigenvalue weighted by atomic mass is 9.78. The predicted octanol–water partition coefficient (Wildman–Crippen LogP) is 5.02. The van der Waals surface area contributed by atoms with Crippen molar-refractivity contribution in [3.8, 4) is 11.5 Å². The van der Waals surface area contributed by atoms with Crippen LogP contribution in [0.25, 0.3) is 0 Å². The molecule has 0 amide bonds. The number of esters is 2. The number of phenols is 2. The summed E-state index contributed by atoms with van der Waals surface area (Å²) in [4.78, 5) is 44.4. The van der Waals surface area contributed by atoms with Gasteiger partial charge < -0.3 is 34.6 Å². The van der Waals surface area contributed by atoms with Crippen LogP contribution >= 0.6 is 11.6 Å². The summed E-state index contributed by atoms with van der Waals surface area (Å²) in [5, 5.41) is 36.4. The van der Waals surface area contributed by atoms with Crippen molar-refractivity contribution in [2.75, 3.05) is 25.7 Å². The Hall–Kier alpha value is -4.87. The van der Waals surface area contributed by atoms with Crippen molar-refractivity contribution < 1.29 is 53.8 Å². The molecule has 1 fully saturated rings.